The zero-order chi connectivity index (χ0) is 15.4. The standard InChI is InChI=1S/C15H16FN3O2/c1-21-14-5-2-9(6-12(14)17)8-19-13-4-3-10(15(18)20)7-11(13)16/h2-7,19H,8,17H2,1H3,(H2,18,20). The van der Waals surface area contributed by atoms with Crippen molar-refractivity contribution in [2.45, 2.75) is 6.54 Å². The molecule has 0 bridgehead atoms. The summed E-state index contributed by atoms with van der Waals surface area (Å²) in [7, 11) is 1.54. The van der Waals surface area contributed by atoms with E-state index in [0.717, 1.165) is 11.6 Å². The lowest BCUT2D eigenvalue weighted by atomic mass is 10.1. The van der Waals surface area contributed by atoms with E-state index >= 15 is 0 Å². The molecule has 2 aromatic rings. The summed E-state index contributed by atoms with van der Waals surface area (Å²) in [5, 5.41) is 2.94. The Hall–Kier alpha value is -2.76. The first-order valence-electron chi connectivity index (χ1n) is 6.27. The summed E-state index contributed by atoms with van der Waals surface area (Å²) in [5.41, 5.74) is 12.7. The molecule has 0 aliphatic carbocycles. The fourth-order valence-corrected chi connectivity index (χ4v) is 1.90. The SMILES string of the molecule is COc1ccc(CNc2ccc(C(N)=O)cc2F)cc1N. The number of hydrogen-bond acceptors (Lipinski definition) is 4. The summed E-state index contributed by atoms with van der Waals surface area (Å²) in [6, 6.07) is 9.38. The van der Waals surface area contributed by atoms with E-state index in [-0.39, 0.29) is 11.3 Å². The van der Waals surface area contributed by atoms with Gasteiger partial charge in [0.1, 0.15) is 11.6 Å². The third-order valence-corrected chi connectivity index (χ3v) is 3.03. The molecule has 0 unspecified atom stereocenters. The number of amides is 1. The lowest BCUT2D eigenvalue weighted by Crippen LogP contribution is -2.11. The number of nitrogen functional groups attached to an aromatic ring is 1. The van der Waals surface area contributed by atoms with E-state index < -0.39 is 11.7 Å². The highest BCUT2D eigenvalue weighted by Gasteiger charge is 2.07. The molecule has 5 nitrogen and oxygen atoms in total. The minimum Gasteiger partial charge on any atom is -0.495 e. The Labute approximate surface area is 121 Å². The number of primary amides is 1. The third kappa shape index (κ3) is 3.42. The van der Waals surface area contributed by atoms with Crippen LogP contribution in [0.25, 0.3) is 0 Å². The van der Waals surface area contributed by atoms with Crippen LogP contribution < -0.4 is 21.5 Å². The number of benzene rings is 2. The maximum Gasteiger partial charge on any atom is 0.248 e. The molecular weight excluding hydrogens is 273 g/mol. The predicted octanol–water partition coefficient (Wildman–Crippen LogP) is 2.13. The van der Waals surface area contributed by atoms with Crippen molar-refractivity contribution < 1.29 is 13.9 Å². The Morgan fingerprint density at radius 1 is 1.29 bits per heavy atom. The van der Waals surface area contributed by atoms with Gasteiger partial charge in [-0.3, -0.25) is 4.79 Å². The number of carbonyl (C=O) groups excluding carboxylic acids is 1. The second kappa shape index (κ2) is 6.13. The van der Waals surface area contributed by atoms with Crippen LogP contribution in [-0.2, 0) is 6.54 Å². The fourth-order valence-electron chi connectivity index (χ4n) is 1.90. The molecule has 2 aromatic carbocycles. The van der Waals surface area contributed by atoms with E-state index in [1.54, 1.807) is 19.2 Å². The molecule has 0 radical (unpaired) electrons. The van der Waals surface area contributed by atoms with Gasteiger partial charge in [0, 0.05) is 12.1 Å². The topological polar surface area (TPSA) is 90.4 Å². The molecule has 0 saturated carbocycles. The fraction of sp³-hybridized carbons (Fsp3) is 0.133. The average Bonchev–Trinajstić information content (AvgIpc) is 2.46. The maximum absolute atomic E-state index is 13.8. The van der Waals surface area contributed by atoms with E-state index in [9.17, 15) is 9.18 Å². The Kier molecular flexibility index (Phi) is 4.27. The van der Waals surface area contributed by atoms with Crippen LogP contribution in [0.3, 0.4) is 0 Å². The predicted molar refractivity (Wildman–Crippen MR) is 79.7 cm³/mol. The van der Waals surface area contributed by atoms with Crippen molar-refractivity contribution in [1.29, 1.82) is 0 Å². The van der Waals surface area contributed by atoms with E-state index in [4.69, 9.17) is 16.2 Å². The normalized spacial score (nSPS) is 10.2. The number of rotatable bonds is 5. The van der Waals surface area contributed by atoms with Crippen LogP contribution >= 0.6 is 0 Å². The summed E-state index contributed by atoms with van der Waals surface area (Å²) in [6.45, 7) is 0.390. The molecule has 0 aliphatic rings. The van der Waals surface area contributed by atoms with Gasteiger partial charge in [0.05, 0.1) is 18.5 Å². The van der Waals surface area contributed by atoms with Gasteiger partial charge < -0.3 is 21.5 Å². The number of methoxy groups -OCH3 is 1. The molecule has 0 spiro atoms. The Morgan fingerprint density at radius 3 is 2.62 bits per heavy atom. The van der Waals surface area contributed by atoms with Crippen molar-refractivity contribution in [3.8, 4) is 5.75 Å². The van der Waals surface area contributed by atoms with Crippen LogP contribution in [0.1, 0.15) is 15.9 Å². The van der Waals surface area contributed by atoms with Gasteiger partial charge >= 0.3 is 0 Å². The Morgan fingerprint density at radius 2 is 2.05 bits per heavy atom. The molecule has 0 atom stereocenters. The third-order valence-electron chi connectivity index (χ3n) is 3.03. The number of ether oxygens (including phenoxy) is 1. The van der Waals surface area contributed by atoms with Crippen LogP contribution in [0, 0.1) is 5.82 Å². The van der Waals surface area contributed by atoms with Crippen LogP contribution in [0.4, 0.5) is 15.8 Å². The Bertz CT molecular complexity index is 674. The first-order chi connectivity index (χ1) is 10.0. The lowest BCUT2D eigenvalue weighted by Gasteiger charge is -2.10. The van der Waals surface area contributed by atoms with Crippen LogP contribution in [0.2, 0.25) is 0 Å². The zero-order valence-electron chi connectivity index (χ0n) is 11.5. The first kappa shape index (κ1) is 14.6. The van der Waals surface area contributed by atoms with Gasteiger partial charge in [0.2, 0.25) is 5.91 Å². The molecule has 21 heavy (non-hydrogen) atoms. The summed E-state index contributed by atoms with van der Waals surface area (Å²) in [6.07, 6.45) is 0. The second-order valence-electron chi connectivity index (χ2n) is 4.49. The zero-order valence-corrected chi connectivity index (χ0v) is 11.5. The maximum atomic E-state index is 13.8. The molecule has 2 rings (SSSR count). The second-order valence-corrected chi connectivity index (χ2v) is 4.49. The minimum absolute atomic E-state index is 0.131. The first-order valence-corrected chi connectivity index (χ1v) is 6.27. The quantitative estimate of drug-likeness (QED) is 0.735. The van der Waals surface area contributed by atoms with Gasteiger partial charge in [-0.1, -0.05) is 6.07 Å². The van der Waals surface area contributed by atoms with Gasteiger partial charge in [-0.2, -0.15) is 0 Å². The Balaban J connectivity index is 2.09. The van der Waals surface area contributed by atoms with Crippen LogP contribution in [0.15, 0.2) is 36.4 Å². The average molecular weight is 289 g/mol. The number of halogens is 1. The largest absolute Gasteiger partial charge is 0.495 e. The van der Waals surface area contributed by atoms with Gasteiger partial charge in [-0.25, -0.2) is 4.39 Å². The van der Waals surface area contributed by atoms with Gasteiger partial charge in [-0.15, -0.1) is 0 Å². The molecule has 6 heteroatoms. The van der Waals surface area contributed by atoms with E-state index in [1.165, 1.54) is 12.1 Å². The number of hydrogen-bond donors (Lipinski definition) is 3. The molecule has 0 heterocycles. The molecule has 0 aliphatic heterocycles. The van der Waals surface area contributed by atoms with E-state index in [0.29, 0.717) is 18.0 Å². The summed E-state index contributed by atoms with van der Waals surface area (Å²) in [5.74, 6) is -0.605. The van der Waals surface area contributed by atoms with Crippen molar-refractivity contribution in [2.75, 3.05) is 18.2 Å². The van der Waals surface area contributed by atoms with E-state index in [1.807, 2.05) is 6.07 Å². The molecular formula is C15H16FN3O2. The van der Waals surface area contributed by atoms with Gasteiger partial charge in [-0.05, 0) is 35.9 Å². The monoisotopic (exact) mass is 289 g/mol. The number of nitrogens with one attached hydrogen (secondary N) is 1. The number of nitrogens with two attached hydrogens (primary N) is 2. The van der Waals surface area contributed by atoms with Crippen molar-refractivity contribution in [3.05, 3.63) is 53.3 Å². The van der Waals surface area contributed by atoms with Gasteiger partial charge in [0.25, 0.3) is 0 Å². The summed E-state index contributed by atoms with van der Waals surface area (Å²) < 4.78 is 18.9. The summed E-state index contributed by atoms with van der Waals surface area (Å²) >= 11 is 0. The highest BCUT2D eigenvalue weighted by atomic mass is 19.1. The number of anilines is 2. The highest BCUT2D eigenvalue weighted by Crippen LogP contribution is 2.23. The molecule has 0 saturated heterocycles. The molecule has 0 fully saturated rings. The van der Waals surface area contributed by atoms with E-state index in [2.05, 4.69) is 5.32 Å². The highest BCUT2D eigenvalue weighted by molar-refractivity contribution is 5.93. The van der Waals surface area contributed by atoms with Crippen molar-refractivity contribution in [2.24, 2.45) is 5.73 Å². The summed E-state index contributed by atoms with van der Waals surface area (Å²) in [4.78, 5) is 11.0. The van der Waals surface area contributed by atoms with Crippen molar-refractivity contribution in [1.82, 2.24) is 0 Å². The smallest absolute Gasteiger partial charge is 0.248 e. The molecule has 110 valence electrons. The molecule has 1 amide bonds. The number of carbonyl (C=O) groups is 1. The van der Waals surface area contributed by atoms with Gasteiger partial charge in [0.15, 0.2) is 0 Å². The van der Waals surface area contributed by atoms with Crippen molar-refractivity contribution >= 4 is 17.3 Å². The van der Waals surface area contributed by atoms with Crippen LogP contribution in [-0.4, -0.2) is 13.0 Å². The van der Waals surface area contributed by atoms with Crippen molar-refractivity contribution in [3.63, 3.8) is 0 Å². The lowest BCUT2D eigenvalue weighted by molar-refractivity contribution is 0.1000. The minimum atomic E-state index is -0.664. The molecule has 5 N–H and O–H groups in total. The molecule has 0 aromatic heterocycles. The van der Waals surface area contributed by atoms with Crippen LogP contribution in [0.5, 0.6) is 5.75 Å².